The van der Waals surface area contributed by atoms with E-state index < -0.39 is 6.10 Å². The summed E-state index contributed by atoms with van der Waals surface area (Å²) in [6.45, 7) is 2.55. The van der Waals surface area contributed by atoms with Crippen LogP contribution in [-0.4, -0.2) is 16.6 Å². The Bertz CT molecular complexity index is 462. The summed E-state index contributed by atoms with van der Waals surface area (Å²) < 4.78 is 0. The Morgan fingerprint density at radius 1 is 1.47 bits per heavy atom. The van der Waals surface area contributed by atoms with Gasteiger partial charge in [-0.25, -0.2) is 0 Å². The number of benzene rings is 1. The van der Waals surface area contributed by atoms with E-state index >= 15 is 0 Å². The maximum atomic E-state index is 9.80. The third-order valence-electron chi connectivity index (χ3n) is 2.68. The number of aryl methyl sites for hydroxylation is 1. The van der Waals surface area contributed by atoms with Gasteiger partial charge in [-0.3, -0.25) is 0 Å². The van der Waals surface area contributed by atoms with Gasteiger partial charge in [0.1, 0.15) is 0 Å². The van der Waals surface area contributed by atoms with Crippen LogP contribution in [0.3, 0.4) is 0 Å². The summed E-state index contributed by atoms with van der Waals surface area (Å²) in [5, 5.41) is 10.9. The number of aliphatic hydroxyl groups is 1. The van der Waals surface area contributed by atoms with Crippen molar-refractivity contribution < 1.29 is 5.11 Å². The first-order valence-corrected chi connectivity index (χ1v) is 5.18. The molecule has 0 saturated carbocycles. The molecule has 1 aromatic heterocycles. The molecule has 1 heterocycles. The number of para-hydroxylation sites is 1. The normalized spacial score (nSPS) is 13.3. The summed E-state index contributed by atoms with van der Waals surface area (Å²) in [5.74, 6) is 0. The lowest BCUT2D eigenvalue weighted by atomic mass is 10.1. The summed E-state index contributed by atoms with van der Waals surface area (Å²) in [5.41, 5.74) is 8.56. The Balaban J connectivity index is 2.43. The van der Waals surface area contributed by atoms with Crippen LogP contribution in [0.4, 0.5) is 0 Å². The van der Waals surface area contributed by atoms with Crippen LogP contribution in [0.1, 0.15) is 23.8 Å². The minimum atomic E-state index is -0.484. The predicted molar refractivity (Wildman–Crippen MR) is 61.7 cm³/mol. The van der Waals surface area contributed by atoms with Gasteiger partial charge in [0.05, 0.1) is 6.10 Å². The Hall–Kier alpha value is -1.32. The lowest BCUT2D eigenvalue weighted by molar-refractivity contribution is 0.166. The number of H-pyrrole nitrogens is 1. The Kier molecular flexibility index (Phi) is 2.75. The van der Waals surface area contributed by atoms with E-state index in [9.17, 15) is 5.11 Å². The molecule has 0 fully saturated rings. The Labute approximate surface area is 88.9 Å². The first-order valence-electron chi connectivity index (χ1n) is 5.18. The van der Waals surface area contributed by atoms with Crippen molar-refractivity contribution in [3.8, 4) is 0 Å². The van der Waals surface area contributed by atoms with Crippen LogP contribution in [-0.2, 0) is 0 Å². The van der Waals surface area contributed by atoms with Crippen molar-refractivity contribution in [3.05, 3.63) is 35.5 Å². The second-order valence-corrected chi connectivity index (χ2v) is 3.86. The number of rotatable bonds is 3. The van der Waals surface area contributed by atoms with E-state index in [0.717, 1.165) is 16.6 Å². The first kappa shape index (κ1) is 10.2. The third-order valence-corrected chi connectivity index (χ3v) is 2.68. The molecule has 0 spiro atoms. The van der Waals surface area contributed by atoms with Crippen LogP contribution in [0.15, 0.2) is 24.3 Å². The van der Waals surface area contributed by atoms with Crippen LogP contribution >= 0.6 is 0 Å². The molecule has 2 aromatic rings. The number of nitrogens with one attached hydrogen (secondary N) is 1. The van der Waals surface area contributed by atoms with Crippen LogP contribution in [0.5, 0.6) is 0 Å². The second kappa shape index (κ2) is 4.04. The zero-order valence-electron chi connectivity index (χ0n) is 8.83. The summed E-state index contributed by atoms with van der Waals surface area (Å²) in [6.07, 6.45) is 0.105. The van der Waals surface area contributed by atoms with Crippen molar-refractivity contribution in [1.29, 1.82) is 0 Å². The number of hydrogen-bond acceptors (Lipinski definition) is 2. The zero-order valence-corrected chi connectivity index (χ0v) is 8.83. The van der Waals surface area contributed by atoms with Gasteiger partial charge in [-0.2, -0.15) is 0 Å². The van der Waals surface area contributed by atoms with Crippen LogP contribution in [0.25, 0.3) is 10.9 Å². The van der Waals surface area contributed by atoms with Gasteiger partial charge in [0.15, 0.2) is 0 Å². The highest BCUT2D eigenvalue weighted by molar-refractivity contribution is 5.83. The molecule has 0 amide bonds. The van der Waals surface area contributed by atoms with E-state index in [1.165, 1.54) is 5.56 Å². The maximum Gasteiger partial charge on any atom is 0.0950 e. The van der Waals surface area contributed by atoms with Gasteiger partial charge in [0.2, 0.25) is 0 Å². The topological polar surface area (TPSA) is 62.0 Å². The van der Waals surface area contributed by atoms with Gasteiger partial charge in [0.25, 0.3) is 0 Å². The summed E-state index contributed by atoms with van der Waals surface area (Å²) >= 11 is 0. The van der Waals surface area contributed by atoms with Gasteiger partial charge >= 0.3 is 0 Å². The molecule has 0 aliphatic heterocycles. The van der Waals surface area contributed by atoms with E-state index in [1.807, 2.05) is 18.2 Å². The van der Waals surface area contributed by atoms with Crippen LogP contribution in [0, 0.1) is 6.92 Å². The number of nitrogens with two attached hydrogens (primary N) is 1. The SMILES string of the molecule is Cc1cccc2cc(C(O)CCN)[nH]c12. The minimum Gasteiger partial charge on any atom is -0.387 e. The fourth-order valence-electron chi connectivity index (χ4n) is 1.82. The molecule has 15 heavy (non-hydrogen) atoms. The predicted octanol–water partition coefficient (Wildman–Crippen LogP) is 1.86. The molecule has 0 radical (unpaired) electrons. The molecule has 2 rings (SSSR count). The van der Waals surface area contributed by atoms with Gasteiger partial charge in [-0.05, 0) is 31.5 Å². The molecule has 0 aliphatic rings. The van der Waals surface area contributed by atoms with Crippen LogP contribution < -0.4 is 5.73 Å². The number of aromatic nitrogens is 1. The first-order chi connectivity index (χ1) is 7.22. The lowest BCUT2D eigenvalue weighted by Gasteiger charge is -2.05. The van der Waals surface area contributed by atoms with Crippen molar-refractivity contribution in [2.45, 2.75) is 19.4 Å². The van der Waals surface area contributed by atoms with Crippen molar-refractivity contribution in [2.24, 2.45) is 5.73 Å². The van der Waals surface area contributed by atoms with Gasteiger partial charge in [0, 0.05) is 16.6 Å². The molecule has 3 nitrogen and oxygen atoms in total. The summed E-state index contributed by atoms with van der Waals surface area (Å²) in [7, 11) is 0. The highest BCUT2D eigenvalue weighted by Gasteiger charge is 2.10. The van der Waals surface area contributed by atoms with Gasteiger partial charge in [-0.1, -0.05) is 18.2 Å². The number of fused-ring (bicyclic) bond motifs is 1. The highest BCUT2D eigenvalue weighted by atomic mass is 16.3. The van der Waals surface area contributed by atoms with Crippen molar-refractivity contribution in [3.63, 3.8) is 0 Å². The fraction of sp³-hybridized carbons (Fsp3) is 0.333. The van der Waals surface area contributed by atoms with Crippen LogP contribution in [0.2, 0.25) is 0 Å². The quantitative estimate of drug-likeness (QED) is 0.714. The monoisotopic (exact) mass is 204 g/mol. The fourth-order valence-corrected chi connectivity index (χ4v) is 1.82. The van der Waals surface area contributed by atoms with E-state index in [2.05, 4.69) is 18.0 Å². The number of aliphatic hydroxyl groups excluding tert-OH is 1. The zero-order chi connectivity index (χ0) is 10.8. The van der Waals surface area contributed by atoms with Gasteiger partial charge in [-0.15, -0.1) is 0 Å². The van der Waals surface area contributed by atoms with Gasteiger partial charge < -0.3 is 15.8 Å². The molecule has 0 saturated heterocycles. The van der Waals surface area contributed by atoms with E-state index in [4.69, 9.17) is 5.73 Å². The van der Waals surface area contributed by atoms with Crippen molar-refractivity contribution in [1.82, 2.24) is 4.98 Å². The smallest absolute Gasteiger partial charge is 0.0950 e. The molecule has 4 N–H and O–H groups in total. The standard InChI is InChI=1S/C12H16N2O/c1-8-3-2-4-9-7-10(14-12(8)9)11(15)5-6-13/h2-4,7,11,14-15H,5-6,13H2,1H3. The highest BCUT2D eigenvalue weighted by Crippen LogP contribution is 2.23. The molecule has 3 heteroatoms. The number of aromatic amines is 1. The molecule has 80 valence electrons. The molecule has 0 aliphatic carbocycles. The Morgan fingerprint density at radius 3 is 2.93 bits per heavy atom. The molecule has 1 atom stereocenters. The molecule has 1 aromatic carbocycles. The third kappa shape index (κ3) is 1.89. The maximum absolute atomic E-state index is 9.80. The Morgan fingerprint density at radius 2 is 2.27 bits per heavy atom. The minimum absolute atomic E-state index is 0.484. The summed E-state index contributed by atoms with van der Waals surface area (Å²) in [6, 6.07) is 8.10. The summed E-state index contributed by atoms with van der Waals surface area (Å²) in [4.78, 5) is 3.24. The average Bonchev–Trinajstić information content (AvgIpc) is 2.63. The number of hydrogen-bond donors (Lipinski definition) is 3. The van der Waals surface area contributed by atoms with E-state index in [0.29, 0.717) is 13.0 Å². The van der Waals surface area contributed by atoms with E-state index in [-0.39, 0.29) is 0 Å². The lowest BCUT2D eigenvalue weighted by Crippen LogP contribution is -2.06. The largest absolute Gasteiger partial charge is 0.387 e. The second-order valence-electron chi connectivity index (χ2n) is 3.86. The van der Waals surface area contributed by atoms with Crippen molar-refractivity contribution >= 4 is 10.9 Å². The molecular weight excluding hydrogens is 188 g/mol. The average molecular weight is 204 g/mol. The van der Waals surface area contributed by atoms with E-state index in [1.54, 1.807) is 0 Å². The van der Waals surface area contributed by atoms with Crippen molar-refractivity contribution in [2.75, 3.05) is 6.54 Å². The molecular formula is C12H16N2O. The molecule has 0 bridgehead atoms. The molecule has 1 unspecified atom stereocenters.